The summed E-state index contributed by atoms with van der Waals surface area (Å²) < 4.78 is 32.7. The number of carbonyl (C=O) groups is 3. The number of aromatic amines is 1. The molecule has 0 spiro atoms. The number of aromatic nitrogens is 4. The summed E-state index contributed by atoms with van der Waals surface area (Å²) in [6, 6.07) is 6.91. The molecule has 3 atom stereocenters. The molecule has 190 valence electrons. The van der Waals surface area contributed by atoms with Gasteiger partial charge in [-0.05, 0) is 16.0 Å². The third-order valence-corrected chi connectivity index (χ3v) is 8.58. The summed E-state index contributed by atoms with van der Waals surface area (Å²) in [7, 11) is -4.55. The lowest BCUT2D eigenvalue weighted by atomic mass is 10.0. The first-order valence-electron chi connectivity index (χ1n) is 9.95. The maximum atomic E-state index is 12.9. The van der Waals surface area contributed by atoms with Crippen LogP contribution in [-0.4, -0.2) is 100 Å². The zero-order chi connectivity index (χ0) is 26.0. The summed E-state index contributed by atoms with van der Waals surface area (Å²) >= 11 is 1.87. The van der Waals surface area contributed by atoms with E-state index in [9.17, 15) is 37.7 Å². The molecule has 1 saturated heterocycles. The predicted octanol–water partition coefficient (Wildman–Crippen LogP) is -0.835. The van der Waals surface area contributed by atoms with Crippen molar-refractivity contribution in [1.82, 2.24) is 30.8 Å². The average molecular weight is 556 g/mol. The van der Waals surface area contributed by atoms with Crippen molar-refractivity contribution in [3.8, 4) is 0 Å². The third-order valence-electron chi connectivity index (χ3n) is 5.18. The average Bonchev–Trinajstić information content (AvgIpc) is 3.34. The number of carboxylic acids is 1. The molecule has 1 aromatic carbocycles. The Balaban J connectivity index is 1.59. The number of carbonyl (C=O) groups excluding carboxylic acids is 2. The molecule has 36 heavy (non-hydrogen) atoms. The lowest BCUT2D eigenvalue weighted by Gasteiger charge is -2.50. The van der Waals surface area contributed by atoms with E-state index in [-0.39, 0.29) is 22.2 Å². The van der Waals surface area contributed by atoms with E-state index >= 15 is 0 Å². The van der Waals surface area contributed by atoms with Crippen LogP contribution in [0.25, 0.3) is 0 Å². The Morgan fingerprint density at radius 2 is 2.06 bits per heavy atom. The molecule has 5 N–H and O–H groups in total. The number of benzene rings is 1. The van der Waals surface area contributed by atoms with Crippen LogP contribution in [-0.2, 0) is 24.5 Å². The summed E-state index contributed by atoms with van der Waals surface area (Å²) in [5.74, 6) is -3.97. The van der Waals surface area contributed by atoms with Crippen molar-refractivity contribution in [1.29, 1.82) is 0 Å². The van der Waals surface area contributed by atoms with Gasteiger partial charge in [0.25, 0.3) is 21.9 Å². The van der Waals surface area contributed by atoms with Gasteiger partial charge in [0.1, 0.15) is 17.1 Å². The fraction of sp³-hybridized carbons (Fsp3) is 0.278. The standard InChI is InChI=1S/C18H17N7O8S3/c26-14(11(22-30)8-4-2-1-3-5-8)19-12-15(27)25-13(17(28)29)9(6-34-16(12)25)10(7-36(31,32)33)35-18-20-23-24-21-18/h1-5,10,12,16,30H,6-7H2,(H,19,26)(H,28,29)(H,31,32,33)(H,20,21,23,24)/t10?,12?,16-/m0/s1. The number of thioether (sulfide) groups is 2. The Morgan fingerprint density at radius 1 is 1.33 bits per heavy atom. The highest BCUT2D eigenvalue weighted by molar-refractivity contribution is 8.01. The number of fused-ring (bicyclic) bond motifs is 1. The van der Waals surface area contributed by atoms with E-state index in [0.29, 0.717) is 5.56 Å². The van der Waals surface area contributed by atoms with Gasteiger partial charge in [0, 0.05) is 11.3 Å². The van der Waals surface area contributed by atoms with Crippen molar-refractivity contribution in [3.05, 3.63) is 47.2 Å². The van der Waals surface area contributed by atoms with Crippen LogP contribution in [0.2, 0.25) is 0 Å². The largest absolute Gasteiger partial charge is 0.477 e. The lowest BCUT2D eigenvalue weighted by Crippen LogP contribution is -2.71. The van der Waals surface area contributed by atoms with Crippen molar-refractivity contribution in [2.75, 3.05) is 11.5 Å². The van der Waals surface area contributed by atoms with E-state index < -0.39 is 56.0 Å². The highest BCUT2D eigenvalue weighted by atomic mass is 32.2. The van der Waals surface area contributed by atoms with Crippen molar-refractivity contribution < 1.29 is 37.7 Å². The number of aliphatic carboxylic acids is 1. The first-order valence-corrected chi connectivity index (χ1v) is 13.5. The number of nitrogens with one attached hydrogen (secondary N) is 2. The molecular formula is C18H17N7O8S3. The minimum Gasteiger partial charge on any atom is -0.477 e. The molecule has 0 radical (unpaired) electrons. The van der Waals surface area contributed by atoms with E-state index in [0.717, 1.165) is 28.4 Å². The van der Waals surface area contributed by atoms with Crippen LogP contribution in [0.3, 0.4) is 0 Å². The SMILES string of the molecule is O=C(O)C1=C(C(CS(=O)(=O)O)Sc2nnn[nH]2)CS[C@H]2C(NC(=O)C(=NO)c3ccccc3)C(=O)N12. The quantitative estimate of drug-likeness (QED) is 0.0636. The van der Waals surface area contributed by atoms with Crippen LogP contribution in [0, 0.1) is 0 Å². The summed E-state index contributed by atoms with van der Waals surface area (Å²) in [5.41, 5.74) is -0.426. The topological polar surface area (TPSA) is 228 Å². The molecule has 3 heterocycles. The number of nitrogens with zero attached hydrogens (tertiary/aromatic N) is 5. The third kappa shape index (κ3) is 5.20. The summed E-state index contributed by atoms with van der Waals surface area (Å²) in [6.07, 6.45) is 0. The minimum atomic E-state index is -4.55. The molecule has 1 fully saturated rings. The maximum absolute atomic E-state index is 12.9. The Morgan fingerprint density at radius 3 is 2.64 bits per heavy atom. The normalized spacial score (nSPS) is 21.0. The maximum Gasteiger partial charge on any atom is 0.352 e. The molecule has 0 bridgehead atoms. The summed E-state index contributed by atoms with van der Waals surface area (Å²) in [5, 5.41) is 35.6. The van der Waals surface area contributed by atoms with Crippen molar-refractivity contribution in [3.63, 3.8) is 0 Å². The van der Waals surface area contributed by atoms with Gasteiger partial charge in [-0.25, -0.2) is 9.89 Å². The Hall–Kier alpha value is -3.48. The molecule has 2 aliphatic heterocycles. The van der Waals surface area contributed by atoms with Crippen LogP contribution in [0.4, 0.5) is 0 Å². The molecule has 1 aromatic heterocycles. The van der Waals surface area contributed by atoms with Gasteiger partial charge in [0.15, 0.2) is 5.71 Å². The highest BCUT2D eigenvalue weighted by Gasteiger charge is 2.55. The van der Waals surface area contributed by atoms with Gasteiger partial charge in [0.2, 0.25) is 5.16 Å². The molecule has 2 aromatic rings. The molecule has 2 amide bonds. The first-order chi connectivity index (χ1) is 17.1. The second kappa shape index (κ2) is 10.2. The van der Waals surface area contributed by atoms with Crippen molar-refractivity contribution in [2.24, 2.45) is 5.16 Å². The zero-order valence-corrected chi connectivity index (χ0v) is 20.3. The van der Waals surface area contributed by atoms with Gasteiger partial charge >= 0.3 is 5.97 Å². The van der Waals surface area contributed by atoms with Gasteiger partial charge in [-0.15, -0.1) is 16.9 Å². The van der Waals surface area contributed by atoms with Gasteiger partial charge in [-0.2, -0.15) is 8.42 Å². The number of hydrogen-bond acceptors (Lipinski definition) is 12. The van der Waals surface area contributed by atoms with Crippen LogP contribution in [0.1, 0.15) is 5.56 Å². The summed E-state index contributed by atoms with van der Waals surface area (Å²) in [6.45, 7) is 0. The van der Waals surface area contributed by atoms with Gasteiger partial charge in [-0.1, -0.05) is 47.2 Å². The summed E-state index contributed by atoms with van der Waals surface area (Å²) in [4.78, 5) is 38.8. The Labute approximate surface area is 211 Å². The second-order valence-electron chi connectivity index (χ2n) is 7.42. The van der Waals surface area contributed by atoms with Gasteiger partial charge in [0.05, 0.1) is 11.0 Å². The number of rotatable bonds is 9. The fourth-order valence-corrected chi connectivity index (χ4v) is 7.35. The van der Waals surface area contributed by atoms with Gasteiger partial charge in [-0.3, -0.25) is 19.0 Å². The van der Waals surface area contributed by atoms with E-state index in [2.05, 4.69) is 31.1 Å². The van der Waals surface area contributed by atoms with E-state index in [1.165, 1.54) is 12.1 Å². The molecule has 0 saturated carbocycles. The fourth-order valence-electron chi connectivity index (χ4n) is 3.66. The van der Waals surface area contributed by atoms with Crippen molar-refractivity contribution in [2.45, 2.75) is 21.8 Å². The number of β-lactam (4-membered cyclic amide) rings is 1. The highest BCUT2D eigenvalue weighted by Crippen LogP contribution is 2.43. The number of amides is 2. The predicted molar refractivity (Wildman–Crippen MR) is 125 cm³/mol. The first kappa shape index (κ1) is 25.6. The number of H-pyrrole nitrogens is 1. The molecule has 2 unspecified atom stereocenters. The number of hydrogen-bond donors (Lipinski definition) is 5. The van der Waals surface area contributed by atoms with E-state index in [1.54, 1.807) is 18.2 Å². The van der Waals surface area contributed by atoms with Crippen LogP contribution in [0.15, 0.2) is 51.9 Å². The molecule has 15 nitrogen and oxygen atoms in total. The molecule has 18 heteroatoms. The zero-order valence-electron chi connectivity index (χ0n) is 17.9. The van der Waals surface area contributed by atoms with E-state index in [4.69, 9.17) is 0 Å². The van der Waals surface area contributed by atoms with E-state index in [1.807, 2.05) is 0 Å². The monoisotopic (exact) mass is 555 g/mol. The number of tetrazole rings is 1. The molecule has 4 rings (SSSR count). The number of oxime groups is 1. The minimum absolute atomic E-state index is 0.0309. The smallest absolute Gasteiger partial charge is 0.352 e. The Kier molecular flexibility index (Phi) is 7.29. The lowest BCUT2D eigenvalue weighted by molar-refractivity contribution is -0.150. The molecular weight excluding hydrogens is 538 g/mol. The van der Waals surface area contributed by atoms with Crippen LogP contribution in [0.5, 0.6) is 0 Å². The molecule has 0 aliphatic carbocycles. The molecule has 2 aliphatic rings. The Bertz CT molecular complexity index is 1350. The van der Waals surface area contributed by atoms with Gasteiger partial charge < -0.3 is 15.6 Å². The van der Waals surface area contributed by atoms with Crippen molar-refractivity contribution >= 4 is 57.1 Å². The van der Waals surface area contributed by atoms with Crippen LogP contribution < -0.4 is 5.32 Å². The van der Waals surface area contributed by atoms with Crippen LogP contribution >= 0.6 is 23.5 Å². The number of carboxylic acid groups (broad SMARTS) is 1. The second-order valence-corrected chi connectivity index (χ2v) is 11.2.